The zero-order valence-corrected chi connectivity index (χ0v) is 13.6. The third-order valence-corrected chi connectivity index (χ3v) is 5.81. The lowest BCUT2D eigenvalue weighted by Gasteiger charge is -2.26. The van der Waals surface area contributed by atoms with Gasteiger partial charge in [0.25, 0.3) is 0 Å². The molecular weight excluding hydrogens is 331 g/mol. The highest BCUT2D eigenvalue weighted by molar-refractivity contribution is 7.91. The van der Waals surface area contributed by atoms with Crippen molar-refractivity contribution in [2.45, 2.75) is 37.9 Å². The molecule has 128 valence electrons. The molecule has 1 aromatic rings. The molecule has 0 saturated carbocycles. The molecule has 23 heavy (non-hydrogen) atoms. The van der Waals surface area contributed by atoms with Gasteiger partial charge in [-0.1, -0.05) is 18.2 Å². The Morgan fingerprint density at radius 2 is 1.83 bits per heavy atom. The first-order valence-corrected chi connectivity index (χ1v) is 8.93. The molecule has 0 aliphatic carbocycles. The van der Waals surface area contributed by atoms with Gasteiger partial charge in [0.15, 0.2) is 9.84 Å². The molecule has 4 nitrogen and oxygen atoms in total. The van der Waals surface area contributed by atoms with Crippen molar-refractivity contribution in [3.05, 3.63) is 35.4 Å². The number of hydrogen-bond donors (Lipinski definition) is 1. The molecule has 1 aromatic carbocycles. The van der Waals surface area contributed by atoms with E-state index in [9.17, 15) is 26.4 Å². The molecule has 1 saturated heterocycles. The van der Waals surface area contributed by atoms with Crippen LogP contribution in [-0.2, 0) is 26.2 Å². The van der Waals surface area contributed by atoms with Gasteiger partial charge in [-0.3, -0.25) is 4.79 Å². The molecule has 2 rings (SSSR count). The van der Waals surface area contributed by atoms with Crippen molar-refractivity contribution >= 4 is 15.7 Å². The summed E-state index contributed by atoms with van der Waals surface area (Å²) >= 11 is 0. The summed E-state index contributed by atoms with van der Waals surface area (Å²) in [7, 11) is -3.14. The lowest BCUT2D eigenvalue weighted by molar-refractivity contribution is -0.138. The quantitative estimate of drug-likeness (QED) is 0.911. The van der Waals surface area contributed by atoms with E-state index in [2.05, 4.69) is 5.32 Å². The van der Waals surface area contributed by atoms with Crippen LogP contribution in [0.3, 0.4) is 0 Å². The third-order valence-electron chi connectivity index (χ3n) is 4.05. The van der Waals surface area contributed by atoms with E-state index in [1.54, 1.807) is 0 Å². The Kier molecular flexibility index (Phi) is 4.49. The van der Waals surface area contributed by atoms with Gasteiger partial charge in [-0.2, -0.15) is 13.2 Å². The average Bonchev–Trinajstić information content (AvgIpc) is 2.77. The Morgan fingerprint density at radius 1 is 1.22 bits per heavy atom. The van der Waals surface area contributed by atoms with Crippen molar-refractivity contribution < 1.29 is 26.4 Å². The Labute approximate surface area is 133 Å². The number of carbonyl (C=O) groups is 1. The van der Waals surface area contributed by atoms with Crippen LogP contribution in [0.5, 0.6) is 0 Å². The topological polar surface area (TPSA) is 63.2 Å². The molecule has 8 heteroatoms. The summed E-state index contributed by atoms with van der Waals surface area (Å²) in [4.78, 5) is 12.4. The summed E-state index contributed by atoms with van der Waals surface area (Å²) in [6.07, 6.45) is -4.16. The van der Waals surface area contributed by atoms with Crippen LogP contribution in [0, 0.1) is 0 Å². The van der Waals surface area contributed by atoms with E-state index in [4.69, 9.17) is 0 Å². The molecular formula is C15H18F3NO3S. The molecule has 1 N–H and O–H groups in total. The first kappa shape index (κ1) is 17.8. The van der Waals surface area contributed by atoms with Crippen molar-refractivity contribution in [2.24, 2.45) is 0 Å². The Bertz CT molecular complexity index is 711. The number of sulfone groups is 1. The van der Waals surface area contributed by atoms with Crippen LogP contribution in [0.25, 0.3) is 0 Å². The molecule has 1 amide bonds. The highest BCUT2D eigenvalue weighted by Gasteiger charge is 2.37. The maximum Gasteiger partial charge on any atom is 0.416 e. The molecule has 1 heterocycles. The summed E-state index contributed by atoms with van der Waals surface area (Å²) in [6.45, 7) is 3.03. The smallest absolute Gasteiger partial charge is 0.352 e. The fourth-order valence-electron chi connectivity index (χ4n) is 2.49. The molecule has 0 bridgehead atoms. The average molecular weight is 349 g/mol. The highest BCUT2D eigenvalue weighted by Crippen LogP contribution is 2.33. The van der Waals surface area contributed by atoms with Crippen molar-refractivity contribution in [1.29, 1.82) is 0 Å². The van der Waals surface area contributed by atoms with Gasteiger partial charge in [-0.05, 0) is 31.9 Å². The third kappa shape index (κ3) is 4.04. The normalized spacial score (nSPS) is 21.2. The van der Waals surface area contributed by atoms with Crippen LogP contribution >= 0.6 is 0 Å². The van der Waals surface area contributed by atoms with Crippen molar-refractivity contribution in [2.75, 3.05) is 11.5 Å². The van der Waals surface area contributed by atoms with Gasteiger partial charge < -0.3 is 5.32 Å². The minimum atomic E-state index is -4.48. The second-order valence-electron chi connectivity index (χ2n) is 6.28. The van der Waals surface area contributed by atoms with Gasteiger partial charge in [-0.25, -0.2) is 8.42 Å². The molecule has 0 radical (unpaired) electrons. The molecule has 0 spiro atoms. The number of carbonyl (C=O) groups excluding carboxylic acids is 1. The maximum absolute atomic E-state index is 12.8. The lowest BCUT2D eigenvalue weighted by Crippen LogP contribution is -2.45. The Morgan fingerprint density at radius 3 is 2.35 bits per heavy atom. The predicted molar refractivity (Wildman–Crippen MR) is 79.7 cm³/mol. The van der Waals surface area contributed by atoms with Gasteiger partial charge >= 0.3 is 6.18 Å². The Hall–Kier alpha value is -1.57. The monoisotopic (exact) mass is 349 g/mol. The number of halogens is 3. The largest absolute Gasteiger partial charge is 0.416 e. The first-order chi connectivity index (χ1) is 10.4. The second-order valence-corrected chi connectivity index (χ2v) is 8.51. The van der Waals surface area contributed by atoms with E-state index in [0.717, 1.165) is 12.1 Å². The molecule has 1 atom stereocenters. The number of nitrogens with one attached hydrogen (secondary N) is 1. The SMILES string of the molecule is CC(C)(C(=O)N[C@H]1CCS(=O)(=O)C1)c1cccc(C(F)(F)F)c1. The van der Waals surface area contributed by atoms with E-state index < -0.39 is 38.9 Å². The molecule has 0 unspecified atom stereocenters. The van der Waals surface area contributed by atoms with Gasteiger partial charge in [0, 0.05) is 6.04 Å². The van der Waals surface area contributed by atoms with Crippen LogP contribution in [0.1, 0.15) is 31.4 Å². The van der Waals surface area contributed by atoms with E-state index in [1.165, 1.54) is 26.0 Å². The van der Waals surface area contributed by atoms with Crippen LogP contribution in [-0.4, -0.2) is 31.9 Å². The molecule has 1 aliphatic rings. The Balaban J connectivity index is 2.19. The van der Waals surface area contributed by atoms with Crippen LogP contribution in [0.15, 0.2) is 24.3 Å². The van der Waals surface area contributed by atoms with Crippen LogP contribution in [0.4, 0.5) is 13.2 Å². The molecule has 0 aromatic heterocycles. The number of alkyl halides is 3. The van der Waals surface area contributed by atoms with Crippen molar-refractivity contribution in [3.63, 3.8) is 0 Å². The first-order valence-electron chi connectivity index (χ1n) is 7.11. The highest BCUT2D eigenvalue weighted by atomic mass is 32.2. The number of rotatable bonds is 3. The van der Waals surface area contributed by atoms with Crippen molar-refractivity contribution in [1.82, 2.24) is 5.32 Å². The fraction of sp³-hybridized carbons (Fsp3) is 0.533. The minimum absolute atomic E-state index is 0.0158. The van der Waals surface area contributed by atoms with Crippen molar-refractivity contribution in [3.8, 4) is 0 Å². The fourth-order valence-corrected chi connectivity index (χ4v) is 4.16. The molecule has 1 aliphatic heterocycles. The van der Waals surface area contributed by atoms with Gasteiger partial charge in [0.2, 0.25) is 5.91 Å². The summed E-state index contributed by atoms with van der Waals surface area (Å²) in [5.74, 6) is -0.599. The van der Waals surface area contributed by atoms with E-state index in [-0.39, 0.29) is 17.1 Å². The molecule has 1 fully saturated rings. The summed E-state index contributed by atoms with van der Waals surface area (Å²) < 4.78 is 61.3. The van der Waals surface area contributed by atoms with Gasteiger partial charge in [0.05, 0.1) is 22.5 Å². The van der Waals surface area contributed by atoms with E-state index in [1.807, 2.05) is 0 Å². The number of hydrogen-bond acceptors (Lipinski definition) is 3. The van der Waals surface area contributed by atoms with Gasteiger partial charge in [0.1, 0.15) is 0 Å². The minimum Gasteiger partial charge on any atom is -0.352 e. The zero-order chi connectivity index (χ0) is 17.5. The maximum atomic E-state index is 12.8. The lowest BCUT2D eigenvalue weighted by atomic mass is 9.82. The summed E-state index contributed by atoms with van der Waals surface area (Å²) in [5, 5.41) is 2.63. The van der Waals surface area contributed by atoms with Gasteiger partial charge in [-0.15, -0.1) is 0 Å². The van der Waals surface area contributed by atoms with E-state index in [0.29, 0.717) is 6.42 Å². The van der Waals surface area contributed by atoms with E-state index >= 15 is 0 Å². The number of amides is 1. The van der Waals surface area contributed by atoms with Crippen LogP contribution < -0.4 is 5.32 Å². The predicted octanol–water partition coefficient (Wildman–Crippen LogP) is 2.29. The zero-order valence-electron chi connectivity index (χ0n) is 12.8. The van der Waals surface area contributed by atoms with Crippen LogP contribution in [0.2, 0.25) is 0 Å². The summed E-state index contributed by atoms with van der Waals surface area (Å²) in [5.41, 5.74) is -1.79. The number of benzene rings is 1. The summed E-state index contributed by atoms with van der Waals surface area (Å²) in [6, 6.07) is 4.12. The standard InChI is InChI=1S/C15H18F3NO3S/c1-14(2,10-4-3-5-11(8-10)15(16,17)18)13(20)19-12-6-7-23(21,22)9-12/h3-5,8,12H,6-7,9H2,1-2H3,(H,19,20)/t12-/m0/s1. The second kappa shape index (κ2) is 5.81.